The highest BCUT2D eigenvalue weighted by Crippen LogP contribution is 2.11. The van der Waals surface area contributed by atoms with E-state index in [0.717, 1.165) is 5.56 Å². The standard InChI is InChI=1S/C15H18ClNO3/c1-17(2)8-9-20-15(19)11-14(18)7-6-12-4-3-5-13(16)10-12/h3-7,10H,8-9,11H2,1-2H3. The van der Waals surface area contributed by atoms with Crippen molar-refractivity contribution in [3.63, 3.8) is 0 Å². The number of carbonyl (C=O) groups is 2. The van der Waals surface area contributed by atoms with Gasteiger partial charge in [0, 0.05) is 11.6 Å². The third-order valence-electron chi connectivity index (χ3n) is 2.43. The van der Waals surface area contributed by atoms with Gasteiger partial charge in [0.1, 0.15) is 13.0 Å². The highest BCUT2D eigenvalue weighted by Gasteiger charge is 2.08. The quantitative estimate of drug-likeness (QED) is 0.440. The number of ketones is 1. The number of carbonyl (C=O) groups excluding carboxylic acids is 2. The molecule has 0 saturated heterocycles. The first-order valence-electron chi connectivity index (χ1n) is 6.24. The number of esters is 1. The number of halogens is 1. The average molecular weight is 296 g/mol. The smallest absolute Gasteiger partial charge is 0.313 e. The molecule has 0 saturated carbocycles. The van der Waals surface area contributed by atoms with Gasteiger partial charge in [-0.3, -0.25) is 9.59 Å². The Hall–Kier alpha value is -1.65. The van der Waals surface area contributed by atoms with Gasteiger partial charge in [-0.25, -0.2) is 0 Å². The molecule has 0 atom stereocenters. The first-order valence-corrected chi connectivity index (χ1v) is 6.62. The van der Waals surface area contributed by atoms with Crippen LogP contribution in [0.25, 0.3) is 6.08 Å². The number of ether oxygens (including phenoxy) is 1. The molecule has 0 unspecified atom stereocenters. The highest BCUT2D eigenvalue weighted by molar-refractivity contribution is 6.30. The van der Waals surface area contributed by atoms with Crippen LogP contribution in [-0.2, 0) is 14.3 Å². The Kier molecular flexibility index (Phi) is 6.98. The molecule has 0 bridgehead atoms. The molecule has 20 heavy (non-hydrogen) atoms. The zero-order chi connectivity index (χ0) is 15.0. The van der Waals surface area contributed by atoms with E-state index < -0.39 is 5.97 Å². The Morgan fingerprint density at radius 1 is 1.35 bits per heavy atom. The van der Waals surface area contributed by atoms with E-state index in [4.69, 9.17) is 16.3 Å². The largest absolute Gasteiger partial charge is 0.464 e. The summed E-state index contributed by atoms with van der Waals surface area (Å²) in [5, 5.41) is 0.600. The van der Waals surface area contributed by atoms with Crippen LogP contribution < -0.4 is 0 Å². The van der Waals surface area contributed by atoms with E-state index in [1.165, 1.54) is 6.08 Å². The van der Waals surface area contributed by atoms with Gasteiger partial charge in [-0.2, -0.15) is 0 Å². The van der Waals surface area contributed by atoms with Crippen molar-refractivity contribution < 1.29 is 14.3 Å². The monoisotopic (exact) mass is 295 g/mol. The van der Waals surface area contributed by atoms with Crippen LogP contribution in [0.3, 0.4) is 0 Å². The summed E-state index contributed by atoms with van der Waals surface area (Å²) in [7, 11) is 3.76. The lowest BCUT2D eigenvalue weighted by Gasteiger charge is -2.09. The number of rotatable bonds is 7. The van der Waals surface area contributed by atoms with Gasteiger partial charge >= 0.3 is 5.97 Å². The van der Waals surface area contributed by atoms with Gasteiger partial charge in [0.15, 0.2) is 5.78 Å². The number of allylic oxidation sites excluding steroid dienone is 1. The molecule has 4 nitrogen and oxygen atoms in total. The summed E-state index contributed by atoms with van der Waals surface area (Å²) in [5.74, 6) is -0.799. The Bertz CT molecular complexity index is 498. The normalized spacial score (nSPS) is 11.0. The van der Waals surface area contributed by atoms with Crippen LogP contribution >= 0.6 is 11.6 Å². The summed E-state index contributed by atoms with van der Waals surface area (Å²) in [5.41, 5.74) is 0.812. The predicted molar refractivity (Wildman–Crippen MR) is 79.6 cm³/mol. The summed E-state index contributed by atoms with van der Waals surface area (Å²) in [6.07, 6.45) is 2.74. The lowest BCUT2D eigenvalue weighted by molar-refractivity contribution is -0.145. The highest BCUT2D eigenvalue weighted by atomic mass is 35.5. The Labute approximate surface area is 124 Å². The fourth-order valence-electron chi connectivity index (χ4n) is 1.39. The topological polar surface area (TPSA) is 46.6 Å². The molecule has 108 valence electrons. The molecular weight excluding hydrogens is 278 g/mol. The van der Waals surface area contributed by atoms with Gasteiger partial charge in [0.25, 0.3) is 0 Å². The fourth-order valence-corrected chi connectivity index (χ4v) is 1.59. The van der Waals surface area contributed by atoms with Gasteiger partial charge in [-0.05, 0) is 37.9 Å². The summed E-state index contributed by atoms with van der Waals surface area (Å²) < 4.78 is 4.94. The lowest BCUT2D eigenvalue weighted by Crippen LogP contribution is -2.20. The minimum absolute atomic E-state index is 0.246. The summed E-state index contributed by atoms with van der Waals surface area (Å²) in [6.45, 7) is 0.926. The van der Waals surface area contributed by atoms with E-state index in [1.54, 1.807) is 24.3 Å². The summed E-state index contributed by atoms with van der Waals surface area (Å²) in [4.78, 5) is 24.9. The van der Waals surface area contributed by atoms with Gasteiger partial charge in [0.2, 0.25) is 0 Å². The van der Waals surface area contributed by atoms with Crippen LogP contribution in [0.2, 0.25) is 5.02 Å². The lowest BCUT2D eigenvalue weighted by atomic mass is 10.2. The zero-order valence-corrected chi connectivity index (χ0v) is 12.4. The molecule has 0 N–H and O–H groups in total. The van der Waals surface area contributed by atoms with E-state index in [2.05, 4.69) is 0 Å². The second kappa shape index (κ2) is 8.51. The van der Waals surface area contributed by atoms with Crippen LogP contribution in [0.5, 0.6) is 0 Å². The van der Waals surface area contributed by atoms with Crippen molar-refractivity contribution in [1.82, 2.24) is 4.90 Å². The van der Waals surface area contributed by atoms with Crippen molar-refractivity contribution in [3.8, 4) is 0 Å². The second-order valence-electron chi connectivity index (χ2n) is 4.56. The maximum absolute atomic E-state index is 11.6. The van der Waals surface area contributed by atoms with Crippen molar-refractivity contribution in [3.05, 3.63) is 40.9 Å². The third kappa shape index (κ3) is 7.07. The second-order valence-corrected chi connectivity index (χ2v) is 4.99. The van der Waals surface area contributed by atoms with Crippen LogP contribution in [0.15, 0.2) is 30.3 Å². The van der Waals surface area contributed by atoms with E-state index in [0.29, 0.717) is 11.6 Å². The molecule has 0 heterocycles. The van der Waals surface area contributed by atoms with Crippen LogP contribution in [-0.4, -0.2) is 43.9 Å². The molecule has 0 aliphatic heterocycles. The number of nitrogens with zero attached hydrogens (tertiary/aromatic N) is 1. The fraction of sp³-hybridized carbons (Fsp3) is 0.333. The van der Waals surface area contributed by atoms with Crippen molar-refractivity contribution >= 4 is 29.4 Å². The SMILES string of the molecule is CN(C)CCOC(=O)CC(=O)C=Cc1cccc(Cl)c1. The van der Waals surface area contributed by atoms with Gasteiger partial charge in [-0.15, -0.1) is 0 Å². The maximum atomic E-state index is 11.6. The number of likely N-dealkylation sites (N-methyl/N-ethyl adjacent to an activating group) is 1. The molecule has 0 aromatic heterocycles. The molecule has 0 aliphatic rings. The minimum atomic E-state index is -0.507. The van der Waals surface area contributed by atoms with Gasteiger partial charge in [0.05, 0.1) is 0 Å². The third-order valence-corrected chi connectivity index (χ3v) is 2.67. The molecule has 0 spiro atoms. The molecule has 1 rings (SSSR count). The Balaban J connectivity index is 2.37. The predicted octanol–water partition coefficient (Wildman–Crippen LogP) is 2.42. The van der Waals surface area contributed by atoms with Crippen molar-refractivity contribution in [2.45, 2.75) is 6.42 Å². The Morgan fingerprint density at radius 2 is 2.10 bits per heavy atom. The molecule has 0 fully saturated rings. The van der Waals surface area contributed by atoms with E-state index in [-0.39, 0.29) is 18.8 Å². The first kappa shape index (κ1) is 16.4. The van der Waals surface area contributed by atoms with Gasteiger partial charge in [-0.1, -0.05) is 29.8 Å². The van der Waals surface area contributed by atoms with Crippen molar-refractivity contribution in [2.75, 3.05) is 27.2 Å². The van der Waals surface area contributed by atoms with Crippen molar-refractivity contribution in [1.29, 1.82) is 0 Å². The number of hydrogen-bond donors (Lipinski definition) is 0. The minimum Gasteiger partial charge on any atom is -0.464 e. The molecule has 0 radical (unpaired) electrons. The summed E-state index contributed by atoms with van der Waals surface area (Å²) in [6, 6.07) is 7.11. The molecule has 1 aromatic rings. The molecule has 5 heteroatoms. The summed E-state index contributed by atoms with van der Waals surface area (Å²) >= 11 is 5.83. The molecular formula is C15H18ClNO3. The average Bonchev–Trinajstić information content (AvgIpc) is 2.36. The number of hydrogen-bond acceptors (Lipinski definition) is 4. The zero-order valence-electron chi connectivity index (χ0n) is 11.6. The Morgan fingerprint density at radius 3 is 2.75 bits per heavy atom. The maximum Gasteiger partial charge on any atom is 0.313 e. The van der Waals surface area contributed by atoms with E-state index >= 15 is 0 Å². The van der Waals surface area contributed by atoms with Crippen molar-refractivity contribution in [2.24, 2.45) is 0 Å². The molecule has 0 amide bonds. The van der Waals surface area contributed by atoms with Crippen LogP contribution in [0.4, 0.5) is 0 Å². The van der Waals surface area contributed by atoms with E-state index in [9.17, 15) is 9.59 Å². The molecule has 0 aliphatic carbocycles. The first-order chi connectivity index (χ1) is 9.47. The van der Waals surface area contributed by atoms with Crippen LogP contribution in [0.1, 0.15) is 12.0 Å². The number of benzene rings is 1. The van der Waals surface area contributed by atoms with Gasteiger partial charge < -0.3 is 9.64 Å². The van der Waals surface area contributed by atoms with Crippen LogP contribution in [0, 0.1) is 0 Å². The molecule has 1 aromatic carbocycles. The van der Waals surface area contributed by atoms with E-state index in [1.807, 2.05) is 25.1 Å².